The molecule has 1 saturated carbocycles. The summed E-state index contributed by atoms with van der Waals surface area (Å²) in [6, 6.07) is 6.16. The SMILES string of the molecule is CCOC1CC(N)(C(=O)NCc2cccc(OCC(F)(F)F)c2)C1(C)C.Cl. The molecule has 2 atom stereocenters. The number of hydrogen-bond donors (Lipinski definition) is 2. The standard InChI is InChI=1S/C18H25F3N2O3.ClH/c1-4-25-14-9-17(22,16(14,2)3)15(24)23-10-12-6-5-7-13(8-12)26-11-18(19,20)21;/h5-8,14H,4,9-11,22H2,1-3H3,(H,23,24);1H. The quantitative estimate of drug-likeness (QED) is 0.724. The third kappa shape index (κ3) is 5.27. The lowest BCUT2D eigenvalue weighted by atomic mass is 9.54. The third-order valence-corrected chi connectivity index (χ3v) is 4.99. The van der Waals surface area contributed by atoms with Gasteiger partial charge >= 0.3 is 6.18 Å². The highest BCUT2D eigenvalue weighted by atomic mass is 35.5. The molecule has 9 heteroatoms. The fraction of sp³-hybridized carbons (Fsp3) is 0.611. The Kier molecular flexibility index (Phi) is 7.55. The average molecular weight is 411 g/mol. The minimum atomic E-state index is -4.40. The number of halogens is 4. The number of benzene rings is 1. The maximum Gasteiger partial charge on any atom is 0.422 e. The van der Waals surface area contributed by atoms with Crippen LogP contribution >= 0.6 is 12.4 Å². The van der Waals surface area contributed by atoms with Crippen molar-refractivity contribution >= 4 is 18.3 Å². The summed E-state index contributed by atoms with van der Waals surface area (Å²) in [5, 5.41) is 2.76. The van der Waals surface area contributed by atoms with Gasteiger partial charge in [0.15, 0.2) is 6.61 Å². The Morgan fingerprint density at radius 3 is 2.59 bits per heavy atom. The fourth-order valence-corrected chi connectivity index (χ4v) is 3.07. The van der Waals surface area contributed by atoms with Crippen molar-refractivity contribution in [3.8, 4) is 5.75 Å². The van der Waals surface area contributed by atoms with Crippen LogP contribution in [0.4, 0.5) is 13.2 Å². The molecule has 0 aromatic heterocycles. The number of carbonyl (C=O) groups excluding carboxylic acids is 1. The van der Waals surface area contributed by atoms with Crippen molar-refractivity contribution in [3.63, 3.8) is 0 Å². The first-order valence-electron chi connectivity index (χ1n) is 8.47. The normalized spacial score (nSPS) is 23.7. The summed E-state index contributed by atoms with van der Waals surface area (Å²) in [4.78, 5) is 12.6. The van der Waals surface area contributed by atoms with Crippen LogP contribution in [0.1, 0.15) is 32.8 Å². The number of ether oxygens (including phenoxy) is 2. The van der Waals surface area contributed by atoms with Crippen molar-refractivity contribution in [2.24, 2.45) is 11.1 Å². The molecule has 0 saturated heterocycles. The average Bonchev–Trinajstić information content (AvgIpc) is 2.57. The summed E-state index contributed by atoms with van der Waals surface area (Å²) < 4.78 is 47.0. The summed E-state index contributed by atoms with van der Waals surface area (Å²) in [7, 11) is 0. The Balaban J connectivity index is 0.00000364. The topological polar surface area (TPSA) is 73.6 Å². The van der Waals surface area contributed by atoms with E-state index in [0.29, 0.717) is 18.6 Å². The zero-order valence-electron chi connectivity index (χ0n) is 15.6. The van der Waals surface area contributed by atoms with Gasteiger partial charge in [0.25, 0.3) is 0 Å². The molecule has 0 spiro atoms. The van der Waals surface area contributed by atoms with E-state index in [-0.39, 0.29) is 36.7 Å². The molecule has 27 heavy (non-hydrogen) atoms. The van der Waals surface area contributed by atoms with Crippen LogP contribution in [0.3, 0.4) is 0 Å². The maximum atomic E-state index is 12.6. The molecule has 1 amide bonds. The molecule has 1 aromatic rings. The van der Waals surface area contributed by atoms with Gasteiger partial charge in [-0.3, -0.25) is 4.79 Å². The molecule has 1 aliphatic carbocycles. The molecule has 3 N–H and O–H groups in total. The van der Waals surface area contributed by atoms with Crippen molar-refractivity contribution in [1.82, 2.24) is 5.32 Å². The van der Waals surface area contributed by atoms with Gasteiger partial charge in [0, 0.05) is 25.0 Å². The van der Waals surface area contributed by atoms with Crippen LogP contribution in [0.25, 0.3) is 0 Å². The van der Waals surface area contributed by atoms with E-state index in [1.165, 1.54) is 12.1 Å². The van der Waals surface area contributed by atoms with Crippen molar-refractivity contribution in [3.05, 3.63) is 29.8 Å². The molecule has 154 valence electrons. The van der Waals surface area contributed by atoms with Crippen molar-refractivity contribution in [2.75, 3.05) is 13.2 Å². The van der Waals surface area contributed by atoms with E-state index in [9.17, 15) is 18.0 Å². The second-order valence-corrected chi connectivity index (χ2v) is 7.08. The Bertz CT molecular complexity index is 655. The van der Waals surface area contributed by atoms with Crippen molar-refractivity contribution in [2.45, 2.75) is 51.6 Å². The summed E-state index contributed by atoms with van der Waals surface area (Å²) in [6.45, 7) is 5.01. The molecule has 0 radical (unpaired) electrons. The minimum absolute atomic E-state index is 0. The van der Waals surface area contributed by atoms with Gasteiger partial charge in [0.2, 0.25) is 5.91 Å². The van der Waals surface area contributed by atoms with Crippen LogP contribution in [0, 0.1) is 5.41 Å². The number of alkyl halides is 3. The molecule has 1 fully saturated rings. The van der Waals surface area contributed by atoms with Crippen LogP contribution < -0.4 is 15.8 Å². The van der Waals surface area contributed by atoms with Crippen LogP contribution in [0.2, 0.25) is 0 Å². The second kappa shape index (κ2) is 8.67. The summed E-state index contributed by atoms with van der Waals surface area (Å²) >= 11 is 0. The molecule has 5 nitrogen and oxygen atoms in total. The number of nitrogens with two attached hydrogens (primary N) is 1. The third-order valence-electron chi connectivity index (χ3n) is 4.99. The number of carbonyl (C=O) groups is 1. The van der Waals surface area contributed by atoms with Gasteiger partial charge < -0.3 is 20.5 Å². The van der Waals surface area contributed by atoms with E-state index in [4.69, 9.17) is 15.2 Å². The molecule has 0 bridgehead atoms. The number of rotatable bonds is 7. The molecule has 0 heterocycles. The Morgan fingerprint density at radius 1 is 1.37 bits per heavy atom. The van der Waals surface area contributed by atoms with Gasteiger partial charge in [-0.05, 0) is 24.6 Å². The van der Waals surface area contributed by atoms with E-state index < -0.39 is 23.7 Å². The molecular weight excluding hydrogens is 385 g/mol. The number of nitrogens with one attached hydrogen (secondary N) is 1. The second-order valence-electron chi connectivity index (χ2n) is 7.08. The first-order chi connectivity index (χ1) is 12.0. The highest BCUT2D eigenvalue weighted by Gasteiger charge is 2.62. The Hall–Kier alpha value is -1.51. The van der Waals surface area contributed by atoms with Gasteiger partial charge in [-0.25, -0.2) is 0 Å². The zero-order chi connectivity index (χ0) is 19.6. The zero-order valence-corrected chi connectivity index (χ0v) is 16.4. The minimum Gasteiger partial charge on any atom is -0.484 e. The molecule has 1 aromatic carbocycles. The van der Waals surface area contributed by atoms with Crippen LogP contribution in [0.5, 0.6) is 5.75 Å². The first kappa shape index (κ1) is 23.5. The first-order valence-corrected chi connectivity index (χ1v) is 8.47. The van der Waals surface area contributed by atoms with E-state index in [1.807, 2.05) is 20.8 Å². The summed E-state index contributed by atoms with van der Waals surface area (Å²) in [5.74, 6) is -0.211. The summed E-state index contributed by atoms with van der Waals surface area (Å²) in [6.07, 6.45) is -4.06. The Labute approximate surface area is 163 Å². The van der Waals surface area contributed by atoms with Crippen LogP contribution in [0.15, 0.2) is 24.3 Å². The van der Waals surface area contributed by atoms with E-state index in [2.05, 4.69) is 5.32 Å². The fourth-order valence-electron chi connectivity index (χ4n) is 3.07. The molecular formula is C18H26ClF3N2O3. The molecule has 0 aliphatic heterocycles. The lowest BCUT2D eigenvalue weighted by Crippen LogP contribution is -2.75. The van der Waals surface area contributed by atoms with E-state index in [1.54, 1.807) is 12.1 Å². The van der Waals surface area contributed by atoms with Crippen molar-refractivity contribution in [1.29, 1.82) is 0 Å². The molecule has 1 aliphatic rings. The summed E-state index contributed by atoms with van der Waals surface area (Å²) in [5.41, 5.74) is 5.36. The van der Waals surface area contributed by atoms with Crippen molar-refractivity contribution < 1.29 is 27.4 Å². The predicted octanol–water partition coefficient (Wildman–Crippen LogP) is 3.20. The highest BCUT2D eigenvalue weighted by Crippen LogP contribution is 2.49. The van der Waals surface area contributed by atoms with E-state index in [0.717, 1.165) is 0 Å². The molecule has 2 unspecified atom stereocenters. The largest absolute Gasteiger partial charge is 0.484 e. The van der Waals surface area contributed by atoms with Gasteiger partial charge in [-0.1, -0.05) is 26.0 Å². The van der Waals surface area contributed by atoms with Crippen LogP contribution in [-0.2, 0) is 16.1 Å². The predicted molar refractivity (Wildman–Crippen MR) is 97.8 cm³/mol. The van der Waals surface area contributed by atoms with Crippen LogP contribution in [-0.4, -0.2) is 36.9 Å². The maximum absolute atomic E-state index is 12.6. The lowest BCUT2D eigenvalue weighted by molar-refractivity contribution is -0.170. The number of amides is 1. The molecule has 2 rings (SSSR count). The monoisotopic (exact) mass is 410 g/mol. The smallest absolute Gasteiger partial charge is 0.422 e. The lowest BCUT2D eigenvalue weighted by Gasteiger charge is -2.57. The van der Waals surface area contributed by atoms with E-state index >= 15 is 0 Å². The van der Waals surface area contributed by atoms with Gasteiger partial charge in [-0.15, -0.1) is 12.4 Å². The van der Waals surface area contributed by atoms with Gasteiger partial charge in [-0.2, -0.15) is 13.2 Å². The van der Waals surface area contributed by atoms with Gasteiger partial charge in [0.1, 0.15) is 11.3 Å². The van der Waals surface area contributed by atoms with Gasteiger partial charge in [0.05, 0.1) is 6.10 Å². The highest BCUT2D eigenvalue weighted by molar-refractivity contribution is 5.88. The number of hydrogen-bond acceptors (Lipinski definition) is 4. The Morgan fingerprint density at radius 2 is 2.04 bits per heavy atom.